The molecule has 0 amide bonds. The maximum absolute atomic E-state index is 13.7. The van der Waals surface area contributed by atoms with Gasteiger partial charge in [-0.1, -0.05) is 18.2 Å². The molecule has 0 bridgehead atoms. The van der Waals surface area contributed by atoms with Gasteiger partial charge in [0.25, 0.3) is 0 Å². The zero-order chi connectivity index (χ0) is 13.8. The summed E-state index contributed by atoms with van der Waals surface area (Å²) < 4.78 is 19.1. The molecule has 98 valence electrons. The van der Waals surface area contributed by atoms with E-state index in [-0.39, 0.29) is 23.7 Å². The summed E-state index contributed by atoms with van der Waals surface area (Å²) in [6, 6.07) is 10.8. The highest BCUT2D eigenvalue weighted by Gasteiger charge is 2.14. The second-order valence-corrected chi connectivity index (χ2v) is 4.08. The average Bonchev–Trinajstić information content (AvgIpc) is 2.41. The zero-order valence-electron chi connectivity index (χ0n) is 10.4. The second kappa shape index (κ2) is 5.63. The normalized spacial score (nSPS) is 10.3. The van der Waals surface area contributed by atoms with E-state index in [0.29, 0.717) is 5.75 Å². The van der Waals surface area contributed by atoms with Crippen LogP contribution in [0.25, 0.3) is 0 Å². The molecule has 0 aliphatic rings. The highest BCUT2D eigenvalue weighted by Crippen LogP contribution is 2.28. The summed E-state index contributed by atoms with van der Waals surface area (Å²) in [5.74, 6) is -0.517. The smallest absolute Gasteiger partial charge is 0.173 e. The molecule has 0 atom stereocenters. The van der Waals surface area contributed by atoms with Gasteiger partial charge >= 0.3 is 0 Å². The summed E-state index contributed by atoms with van der Waals surface area (Å²) in [6.45, 7) is 1.29. The number of aliphatic hydroxyl groups is 1. The summed E-state index contributed by atoms with van der Waals surface area (Å²) in [6.07, 6.45) is 0. The number of hydrogen-bond donors (Lipinski definition) is 1. The molecule has 19 heavy (non-hydrogen) atoms. The number of halogens is 1. The van der Waals surface area contributed by atoms with E-state index in [1.165, 1.54) is 25.1 Å². The number of benzene rings is 2. The Morgan fingerprint density at radius 3 is 2.47 bits per heavy atom. The molecule has 2 aromatic rings. The Hall–Kier alpha value is -2.20. The van der Waals surface area contributed by atoms with E-state index in [9.17, 15) is 9.18 Å². The lowest BCUT2D eigenvalue weighted by Crippen LogP contribution is -1.99. The molecule has 0 aliphatic carbocycles. The Kier molecular flexibility index (Phi) is 3.92. The van der Waals surface area contributed by atoms with E-state index in [1.54, 1.807) is 24.3 Å². The van der Waals surface area contributed by atoms with Crippen molar-refractivity contribution in [1.29, 1.82) is 0 Å². The summed E-state index contributed by atoms with van der Waals surface area (Å²) in [4.78, 5) is 11.4. The lowest BCUT2D eigenvalue weighted by molar-refractivity contribution is 0.101. The largest absolute Gasteiger partial charge is 0.454 e. The van der Waals surface area contributed by atoms with Crippen LogP contribution in [0, 0.1) is 5.82 Å². The van der Waals surface area contributed by atoms with E-state index in [2.05, 4.69) is 0 Å². The molecule has 2 aromatic carbocycles. The number of rotatable bonds is 4. The first-order valence-corrected chi connectivity index (χ1v) is 5.79. The number of hydrogen-bond acceptors (Lipinski definition) is 3. The minimum Gasteiger partial charge on any atom is -0.454 e. The van der Waals surface area contributed by atoms with Gasteiger partial charge in [-0.05, 0) is 36.8 Å². The van der Waals surface area contributed by atoms with Gasteiger partial charge in [-0.2, -0.15) is 0 Å². The summed E-state index contributed by atoms with van der Waals surface area (Å²) in [7, 11) is 0. The molecule has 3 nitrogen and oxygen atoms in total. The third-order valence-corrected chi connectivity index (χ3v) is 2.67. The Morgan fingerprint density at radius 1 is 1.21 bits per heavy atom. The average molecular weight is 260 g/mol. The number of ketones is 1. The van der Waals surface area contributed by atoms with Gasteiger partial charge < -0.3 is 9.84 Å². The van der Waals surface area contributed by atoms with E-state index in [0.717, 1.165) is 5.56 Å². The molecule has 0 unspecified atom stereocenters. The summed E-state index contributed by atoms with van der Waals surface area (Å²) in [5.41, 5.74) is 0.930. The first kappa shape index (κ1) is 13.2. The Balaban J connectivity index is 2.34. The number of Topliss-reactive ketones (excluding diaryl/α,β-unsaturated/α-hetero) is 1. The van der Waals surface area contributed by atoms with Crippen molar-refractivity contribution in [1.82, 2.24) is 0 Å². The monoisotopic (exact) mass is 260 g/mol. The maximum Gasteiger partial charge on any atom is 0.173 e. The lowest BCUT2D eigenvalue weighted by Gasteiger charge is -2.10. The van der Waals surface area contributed by atoms with E-state index < -0.39 is 5.82 Å². The van der Waals surface area contributed by atoms with Gasteiger partial charge in [0, 0.05) is 0 Å². The topological polar surface area (TPSA) is 46.5 Å². The quantitative estimate of drug-likeness (QED) is 0.858. The van der Waals surface area contributed by atoms with Crippen molar-refractivity contribution < 1.29 is 19.0 Å². The molecule has 2 rings (SSSR count). The number of carbonyl (C=O) groups is 1. The first-order chi connectivity index (χ1) is 9.11. The Bertz CT molecular complexity index is 591. The predicted octanol–water partition coefficient (Wildman–Crippen LogP) is 3.31. The Labute approximate surface area is 110 Å². The van der Waals surface area contributed by atoms with Crippen molar-refractivity contribution >= 4 is 5.78 Å². The molecule has 0 saturated carbocycles. The molecule has 0 aliphatic heterocycles. The molecular formula is C15H13FO3. The molecule has 0 heterocycles. The van der Waals surface area contributed by atoms with Gasteiger partial charge in [0.15, 0.2) is 17.3 Å². The standard InChI is InChI=1S/C15H13FO3/c1-10(18)13-3-2-4-14(16)15(13)19-12-7-5-11(9-17)6-8-12/h2-8,17H,9H2,1H3. The number of aliphatic hydroxyl groups excluding tert-OH is 1. The van der Waals surface area contributed by atoms with Crippen LogP contribution in [-0.2, 0) is 6.61 Å². The van der Waals surface area contributed by atoms with Gasteiger partial charge in [0.05, 0.1) is 12.2 Å². The van der Waals surface area contributed by atoms with Crippen LogP contribution in [0.4, 0.5) is 4.39 Å². The molecular weight excluding hydrogens is 247 g/mol. The second-order valence-electron chi connectivity index (χ2n) is 4.08. The third kappa shape index (κ3) is 2.98. The van der Waals surface area contributed by atoms with Gasteiger partial charge in [0.1, 0.15) is 5.75 Å². The first-order valence-electron chi connectivity index (χ1n) is 5.79. The fourth-order valence-electron chi connectivity index (χ4n) is 1.67. The van der Waals surface area contributed by atoms with Crippen LogP contribution in [0.3, 0.4) is 0 Å². The van der Waals surface area contributed by atoms with Gasteiger partial charge in [-0.15, -0.1) is 0 Å². The maximum atomic E-state index is 13.7. The van der Waals surface area contributed by atoms with Gasteiger partial charge in [0.2, 0.25) is 0 Å². The molecule has 1 N–H and O–H groups in total. The van der Waals surface area contributed by atoms with Crippen LogP contribution in [0.15, 0.2) is 42.5 Å². The highest BCUT2D eigenvalue weighted by molar-refractivity contribution is 5.96. The molecule has 0 radical (unpaired) electrons. The lowest BCUT2D eigenvalue weighted by atomic mass is 10.1. The summed E-state index contributed by atoms with van der Waals surface area (Å²) >= 11 is 0. The third-order valence-electron chi connectivity index (χ3n) is 2.67. The van der Waals surface area contributed by atoms with Crippen LogP contribution < -0.4 is 4.74 Å². The van der Waals surface area contributed by atoms with Crippen molar-refractivity contribution in [2.45, 2.75) is 13.5 Å². The molecule has 0 fully saturated rings. The number of para-hydroxylation sites is 1. The molecule has 0 saturated heterocycles. The zero-order valence-corrected chi connectivity index (χ0v) is 10.4. The van der Waals surface area contributed by atoms with Crippen molar-refractivity contribution in [3.05, 3.63) is 59.4 Å². The van der Waals surface area contributed by atoms with Crippen LogP contribution in [0.2, 0.25) is 0 Å². The highest BCUT2D eigenvalue weighted by atomic mass is 19.1. The fourth-order valence-corrected chi connectivity index (χ4v) is 1.67. The van der Waals surface area contributed by atoms with Crippen LogP contribution >= 0.6 is 0 Å². The van der Waals surface area contributed by atoms with Crippen molar-refractivity contribution in [3.63, 3.8) is 0 Å². The molecule has 0 spiro atoms. The number of carbonyl (C=O) groups excluding carboxylic acids is 1. The molecule has 0 aromatic heterocycles. The van der Waals surface area contributed by atoms with E-state index in [4.69, 9.17) is 9.84 Å². The van der Waals surface area contributed by atoms with E-state index >= 15 is 0 Å². The summed E-state index contributed by atoms with van der Waals surface area (Å²) in [5, 5.41) is 8.93. The molecule has 4 heteroatoms. The van der Waals surface area contributed by atoms with Crippen LogP contribution in [0.1, 0.15) is 22.8 Å². The van der Waals surface area contributed by atoms with Gasteiger partial charge in [-0.3, -0.25) is 4.79 Å². The van der Waals surface area contributed by atoms with E-state index in [1.807, 2.05) is 0 Å². The van der Waals surface area contributed by atoms with Crippen LogP contribution in [-0.4, -0.2) is 10.9 Å². The van der Waals surface area contributed by atoms with Crippen molar-refractivity contribution in [2.24, 2.45) is 0 Å². The minimum atomic E-state index is -0.584. The Morgan fingerprint density at radius 2 is 1.89 bits per heavy atom. The van der Waals surface area contributed by atoms with Gasteiger partial charge in [-0.25, -0.2) is 4.39 Å². The number of ether oxygens (including phenoxy) is 1. The van der Waals surface area contributed by atoms with Crippen LogP contribution in [0.5, 0.6) is 11.5 Å². The predicted molar refractivity (Wildman–Crippen MR) is 68.8 cm³/mol. The fraction of sp³-hybridized carbons (Fsp3) is 0.133. The van der Waals surface area contributed by atoms with Crippen molar-refractivity contribution in [3.8, 4) is 11.5 Å². The SMILES string of the molecule is CC(=O)c1cccc(F)c1Oc1ccc(CO)cc1. The van der Waals surface area contributed by atoms with Crippen molar-refractivity contribution in [2.75, 3.05) is 0 Å². The minimum absolute atomic E-state index is 0.0708.